The zero-order chi connectivity index (χ0) is 25.8. The molecule has 1 heterocycles. The number of rotatable bonds is 8. The molecule has 5 rings (SSSR count). The quantitative estimate of drug-likeness (QED) is 0.252. The number of benzene rings is 4. The normalized spacial score (nSPS) is 11.6. The molecule has 0 fully saturated rings. The van der Waals surface area contributed by atoms with Crippen molar-refractivity contribution in [3.63, 3.8) is 0 Å². The fourth-order valence-corrected chi connectivity index (χ4v) is 6.21. The monoisotopic (exact) mass is 527 g/mol. The number of amides is 1. The summed E-state index contributed by atoms with van der Waals surface area (Å²) < 4.78 is 27.8. The van der Waals surface area contributed by atoms with Crippen molar-refractivity contribution in [3.05, 3.63) is 114 Å². The lowest BCUT2D eigenvalue weighted by atomic mass is 10.1. The van der Waals surface area contributed by atoms with Gasteiger partial charge in [0.1, 0.15) is 0 Å². The Hall–Kier alpha value is -3.85. The van der Waals surface area contributed by atoms with E-state index in [4.69, 9.17) is 0 Å². The maximum Gasteiger partial charge on any atom is 0.257 e. The Morgan fingerprint density at radius 1 is 0.892 bits per heavy atom. The first kappa shape index (κ1) is 24.8. The summed E-state index contributed by atoms with van der Waals surface area (Å²) in [7, 11) is -3.70. The highest BCUT2D eigenvalue weighted by Gasteiger charge is 2.23. The number of aromatic nitrogens is 1. The van der Waals surface area contributed by atoms with Crippen molar-refractivity contribution in [2.45, 2.75) is 18.4 Å². The van der Waals surface area contributed by atoms with Gasteiger partial charge in [-0.15, -0.1) is 11.3 Å². The Balaban J connectivity index is 1.28. The van der Waals surface area contributed by atoms with Gasteiger partial charge in [0.25, 0.3) is 5.91 Å². The molecular formula is C29H25N3O3S2. The molecule has 0 bridgehead atoms. The largest absolute Gasteiger partial charge is 0.298 e. The van der Waals surface area contributed by atoms with E-state index in [0.29, 0.717) is 17.2 Å². The number of carbonyl (C=O) groups excluding carboxylic acids is 1. The number of anilines is 1. The molecule has 0 radical (unpaired) electrons. The third-order valence-corrected chi connectivity index (χ3v) is 8.77. The van der Waals surface area contributed by atoms with Gasteiger partial charge in [0, 0.05) is 29.6 Å². The van der Waals surface area contributed by atoms with Crippen molar-refractivity contribution in [2.24, 2.45) is 0 Å². The molecular weight excluding hydrogens is 502 g/mol. The minimum Gasteiger partial charge on any atom is -0.298 e. The van der Waals surface area contributed by atoms with Crippen molar-refractivity contribution in [1.29, 1.82) is 0 Å². The molecule has 6 nitrogen and oxygen atoms in total. The molecule has 1 aromatic heterocycles. The number of nitrogens with one attached hydrogen (secondary N) is 1. The number of thiazole rings is 1. The summed E-state index contributed by atoms with van der Waals surface area (Å²) in [6, 6.07) is 29.7. The van der Waals surface area contributed by atoms with Crippen molar-refractivity contribution in [3.8, 4) is 11.3 Å². The fourth-order valence-electron chi connectivity index (χ4n) is 4.06. The molecule has 0 saturated carbocycles. The number of fused-ring (bicyclic) bond motifs is 1. The van der Waals surface area contributed by atoms with Gasteiger partial charge in [-0.1, -0.05) is 73.7 Å². The van der Waals surface area contributed by atoms with Crippen molar-refractivity contribution in [2.75, 3.05) is 11.9 Å². The van der Waals surface area contributed by atoms with Gasteiger partial charge in [-0.05, 0) is 46.7 Å². The van der Waals surface area contributed by atoms with Crippen LogP contribution in [0.3, 0.4) is 0 Å². The first-order valence-electron chi connectivity index (χ1n) is 11.8. The van der Waals surface area contributed by atoms with Gasteiger partial charge in [-0.25, -0.2) is 13.4 Å². The average Bonchev–Trinajstić information content (AvgIpc) is 3.40. The first-order valence-corrected chi connectivity index (χ1v) is 14.2. The third kappa shape index (κ3) is 5.46. The van der Waals surface area contributed by atoms with E-state index in [-0.39, 0.29) is 17.3 Å². The Kier molecular flexibility index (Phi) is 7.14. The molecule has 0 spiro atoms. The molecule has 0 atom stereocenters. The van der Waals surface area contributed by atoms with Crippen LogP contribution in [-0.2, 0) is 16.6 Å². The third-order valence-electron chi connectivity index (χ3n) is 6.08. The van der Waals surface area contributed by atoms with E-state index in [1.807, 2.05) is 60.8 Å². The van der Waals surface area contributed by atoms with Gasteiger partial charge in [-0.2, -0.15) is 4.31 Å². The molecule has 0 aliphatic rings. The topological polar surface area (TPSA) is 79.4 Å². The van der Waals surface area contributed by atoms with Crippen LogP contribution in [0.25, 0.3) is 22.0 Å². The Morgan fingerprint density at radius 3 is 2.32 bits per heavy atom. The van der Waals surface area contributed by atoms with E-state index < -0.39 is 10.0 Å². The summed E-state index contributed by atoms with van der Waals surface area (Å²) in [5, 5.41) is 7.48. The second-order valence-electron chi connectivity index (χ2n) is 8.50. The predicted octanol–water partition coefficient (Wildman–Crippen LogP) is 6.43. The maximum atomic E-state index is 13.2. The molecule has 5 aromatic rings. The van der Waals surface area contributed by atoms with Crippen molar-refractivity contribution >= 4 is 43.2 Å². The molecule has 0 unspecified atom stereocenters. The van der Waals surface area contributed by atoms with Gasteiger partial charge >= 0.3 is 0 Å². The fraction of sp³-hybridized carbons (Fsp3) is 0.103. The van der Waals surface area contributed by atoms with Gasteiger partial charge in [-0.3, -0.25) is 10.1 Å². The number of hydrogen-bond donors (Lipinski definition) is 1. The van der Waals surface area contributed by atoms with Crippen LogP contribution in [0.1, 0.15) is 22.8 Å². The van der Waals surface area contributed by atoms with Crippen LogP contribution in [0.4, 0.5) is 5.13 Å². The van der Waals surface area contributed by atoms with Crippen LogP contribution in [0.5, 0.6) is 0 Å². The van der Waals surface area contributed by atoms with Crippen LogP contribution in [0.2, 0.25) is 0 Å². The van der Waals surface area contributed by atoms with Crippen molar-refractivity contribution in [1.82, 2.24) is 9.29 Å². The van der Waals surface area contributed by atoms with E-state index in [0.717, 1.165) is 27.6 Å². The van der Waals surface area contributed by atoms with Crippen LogP contribution >= 0.6 is 11.3 Å². The Labute approximate surface area is 220 Å². The number of sulfonamides is 1. The molecule has 37 heavy (non-hydrogen) atoms. The summed E-state index contributed by atoms with van der Waals surface area (Å²) in [5.74, 6) is -0.347. The molecule has 1 amide bonds. The van der Waals surface area contributed by atoms with Gasteiger partial charge in [0.15, 0.2) is 5.13 Å². The zero-order valence-corrected chi connectivity index (χ0v) is 21.8. The molecule has 1 N–H and O–H groups in total. The second-order valence-corrected chi connectivity index (χ2v) is 11.3. The maximum absolute atomic E-state index is 13.2. The van der Waals surface area contributed by atoms with E-state index in [9.17, 15) is 13.2 Å². The SMILES string of the molecule is CCN(Cc1ccccc1)S(=O)(=O)c1ccc(C(=O)Nc2nc(-c3ccc4ccccc4c3)cs2)cc1. The average molecular weight is 528 g/mol. The van der Waals surface area contributed by atoms with Crippen LogP contribution in [-0.4, -0.2) is 30.2 Å². The summed E-state index contributed by atoms with van der Waals surface area (Å²) >= 11 is 1.34. The molecule has 0 aliphatic heterocycles. The van der Waals surface area contributed by atoms with Crippen LogP contribution < -0.4 is 5.32 Å². The highest BCUT2D eigenvalue weighted by atomic mass is 32.2. The lowest BCUT2D eigenvalue weighted by Crippen LogP contribution is -2.30. The summed E-state index contributed by atoms with van der Waals surface area (Å²) in [4.78, 5) is 17.5. The Bertz CT molecular complexity index is 1650. The van der Waals surface area contributed by atoms with E-state index >= 15 is 0 Å². The number of carbonyl (C=O) groups is 1. The number of nitrogens with zero attached hydrogens (tertiary/aromatic N) is 2. The lowest BCUT2D eigenvalue weighted by Gasteiger charge is -2.20. The smallest absolute Gasteiger partial charge is 0.257 e. The predicted molar refractivity (Wildman–Crippen MR) is 149 cm³/mol. The van der Waals surface area contributed by atoms with E-state index in [1.165, 1.54) is 39.9 Å². The second kappa shape index (κ2) is 10.6. The summed E-state index contributed by atoms with van der Waals surface area (Å²) in [5.41, 5.74) is 3.02. The van der Waals surface area contributed by atoms with Gasteiger partial charge in [0.05, 0.1) is 10.6 Å². The van der Waals surface area contributed by atoms with Crippen molar-refractivity contribution < 1.29 is 13.2 Å². The Morgan fingerprint density at radius 2 is 1.59 bits per heavy atom. The minimum absolute atomic E-state index is 0.148. The number of hydrogen-bond acceptors (Lipinski definition) is 5. The van der Waals surface area contributed by atoms with Gasteiger partial charge < -0.3 is 0 Å². The van der Waals surface area contributed by atoms with E-state index in [1.54, 1.807) is 0 Å². The highest BCUT2D eigenvalue weighted by molar-refractivity contribution is 7.89. The minimum atomic E-state index is -3.70. The van der Waals surface area contributed by atoms with Crippen LogP contribution in [0, 0.1) is 0 Å². The first-order chi connectivity index (χ1) is 17.9. The van der Waals surface area contributed by atoms with E-state index in [2.05, 4.69) is 34.6 Å². The summed E-state index contributed by atoms with van der Waals surface area (Å²) in [6.45, 7) is 2.43. The van der Waals surface area contributed by atoms with Crippen LogP contribution in [0.15, 0.2) is 107 Å². The van der Waals surface area contributed by atoms with Gasteiger partial charge in [0.2, 0.25) is 10.0 Å². The zero-order valence-electron chi connectivity index (χ0n) is 20.2. The summed E-state index contributed by atoms with van der Waals surface area (Å²) in [6.07, 6.45) is 0. The molecule has 8 heteroatoms. The molecule has 0 saturated heterocycles. The molecule has 4 aromatic carbocycles. The standard InChI is InChI=1S/C29H25N3O3S2/c1-2-32(19-21-8-4-3-5-9-21)37(34,35)26-16-14-23(15-17-26)28(33)31-29-30-27(20-36-29)25-13-12-22-10-6-7-11-24(22)18-25/h3-18,20H,2,19H2,1H3,(H,30,31,33). The highest BCUT2D eigenvalue weighted by Crippen LogP contribution is 2.28. The lowest BCUT2D eigenvalue weighted by molar-refractivity contribution is 0.102. The molecule has 186 valence electrons. The molecule has 0 aliphatic carbocycles.